The van der Waals surface area contributed by atoms with E-state index in [0.29, 0.717) is 5.57 Å². The molecule has 0 bridgehead atoms. The zero-order valence-corrected chi connectivity index (χ0v) is 21.3. The second-order valence-corrected chi connectivity index (χ2v) is 9.18. The lowest BCUT2D eigenvalue weighted by Gasteiger charge is -2.22. The molecule has 0 aromatic heterocycles. The van der Waals surface area contributed by atoms with Crippen molar-refractivity contribution in [1.29, 1.82) is 0 Å². The summed E-state index contributed by atoms with van der Waals surface area (Å²) in [6, 6.07) is 9.57. The van der Waals surface area contributed by atoms with Crippen LogP contribution >= 0.6 is 0 Å². The molecule has 0 N–H and O–H groups in total. The van der Waals surface area contributed by atoms with Crippen molar-refractivity contribution in [1.82, 2.24) is 0 Å². The molecule has 3 rings (SSSR count). The number of rotatable bonds is 6. The molecule has 8 heteroatoms. The molecule has 0 saturated heterocycles. The summed E-state index contributed by atoms with van der Waals surface area (Å²) in [5.41, 5.74) is 0.848. The molecule has 2 aliphatic rings. The summed E-state index contributed by atoms with van der Waals surface area (Å²) in [6.45, 7) is 5.85. The molecule has 2 fully saturated rings. The van der Waals surface area contributed by atoms with Gasteiger partial charge in [-0.15, -0.1) is 6.58 Å². The lowest BCUT2D eigenvalue weighted by Crippen LogP contribution is -2.39. The Kier molecular flexibility index (Phi) is 7.86. The van der Waals surface area contributed by atoms with Gasteiger partial charge < -0.3 is 18.9 Å². The molecule has 1 atom stereocenters. The van der Waals surface area contributed by atoms with E-state index in [9.17, 15) is 19.2 Å². The predicted octanol–water partition coefficient (Wildman–Crippen LogP) is 3.81. The van der Waals surface area contributed by atoms with Gasteiger partial charge in [-0.3, -0.25) is 19.2 Å². The van der Waals surface area contributed by atoms with Crippen LogP contribution in [0, 0.1) is 16.7 Å². The van der Waals surface area contributed by atoms with Gasteiger partial charge in [0, 0.05) is 6.42 Å². The first-order valence-electron chi connectivity index (χ1n) is 11.6. The molecule has 1 unspecified atom stereocenters. The van der Waals surface area contributed by atoms with E-state index in [1.165, 1.54) is 28.4 Å². The van der Waals surface area contributed by atoms with Gasteiger partial charge in [0.1, 0.15) is 0 Å². The third kappa shape index (κ3) is 4.25. The van der Waals surface area contributed by atoms with E-state index in [4.69, 9.17) is 18.9 Å². The molecule has 0 heterocycles. The van der Waals surface area contributed by atoms with Gasteiger partial charge >= 0.3 is 23.9 Å². The van der Waals surface area contributed by atoms with E-state index in [0.717, 1.165) is 22.3 Å². The quantitative estimate of drug-likeness (QED) is 0.253. The lowest BCUT2D eigenvalue weighted by molar-refractivity contribution is -0.170. The Morgan fingerprint density at radius 2 is 1.31 bits per heavy atom. The fraction of sp³-hybridized carbons (Fsp3) is 0.429. The molecular formula is C28H32O8. The Balaban J connectivity index is 2.33. The van der Waals surface area contributed by atoms with Crippen LogP contribution in [0.5, 0.6) is 0 Å². The Hall–Kier alpha value is -3.68. The summed E-state index contributed by atoms with van der Waals surface area (Å²) < 4.78 is 20.1. The number of allylic oxidation sites excluding steroid dienone is 5. The molecule has 2 aliphatic carbocycles. The number of hydrogen-bond donors (Lipinski definition) is 0. The van der Waals surface area contributed by atoms with Crippen molar-refractivity contribution >= 4 is 29.5 Å². The van der Waals surface area contributed by atoms with Gasteiger partial charge in [0.15, 0.2) is 10.8 Å². The predicted molar refractivity (Wildman–Crippen MR) is 131 cm³/mol. The van der Waals surface area contributed by atoms with Crippen molar-refractivity contribution in [3.05, 3.63) is 65.3 Å². The SMILES string of the molecule is C=CC1CC(C(=O)OC)(C(=O)OC)C/C1=C1/CC(C(=O)OC)(C(=O)OC)C/C1=C(/C)c1ccccc1. The largest absolute Gasteiger partial charge is 0.468 e. The molecule has 0 amide bonds. The van der Waals surface area contributed by atoms with Crippen LogP contribution in [0.15, 0.2) is 59.7 Å². The second kappa shape index (κ2) is 10.5. The molecule has 0 radical (unpaired) electrons. The molecular weight excluding hydrogens is 464 g/mol. The second-order valence-electron chi connectivity index (χ2n) is 9.18. The summed E-state index contributed by atoms with van der Waals surface area (Å²) in [4.78, 5) is 51.9. The van der Waals surface area contributed by atoms with Crippen LogP contribution in [0.4, 0.5) is 0 Å². The summed E-state index contributed by atoms with van der Waals surface area (Å²) >= 11 is 0. The minimum absolute atomic E-state index is 0.00392. The van der Waals surface area contributed by atoms with Crippen molar-refractivity contribution < 1.29 is 38.1 Å². The average Bonchev–Trinajstić information content (AvgIpc) is 3.52. The maximum atomic E-state index is 13.1. The third-order valence-corrected chi connectivity index (χ3v) is 7.47. The zero-order chi connectivity index (χ0) is 26.7. The van der Waals surface area contributed by atoms with Gasteiger partial charge in [-0.05, 0) is 54.4 Å². The average molecular weight is 497 g/mol. The van der Waals surface area contributed by atoms with Crippen LogP contribution in [0.3, 0.4) is 0 Å². The van der Waals surface area contributed by atoms with Crippen molar-refractivity contribution in [2.45, 2.75) is 32.6 Å². The van der Waals surface area contributed by atoms with E-state index in [1.54, 1.807) is 6.08 Å². The topological polar surface area (TPSA) is 105 Å². The van der Waals surface area contributed by atoms with Gasteiger partial charge in [-0.1, -0.05) is 42.0 Å². The van der Waals surface area contributed by atoms with Crippen LogP contribution in [-0.2, 0) is 38.1 Å². The van der Waals surface area contributed by atoms with Gasteiger partial charge in [-0.25, -0.2) is 0 Å². The van der Waals surface area contributed by atoms with E-state index >= 15 is 0 Å². The van der Waals surface area contributed by atoms with Crippen molar-refractivity contribution in [2.75, 3.05) is 28.4 Å². The van der Waals surface area contributed by atoms with Gasteiger partial charge in [0.25, 0.3) is 0 Å². The molecule has 1 aromatic rings. The first-order valence-corrected chi connectivity index (χ1v) is 11.6. The summed E-state index contributed by atoms with van der Waals surface area (Å²) in [5.74, 6) is -3.20. The van der Waals surface area contributed by atoms with Crippen LogP contribution in [0.1, 0.15) is 38.2 Å². The van der Waals surface area contributed by atoms with E-state index in [2.05, 4.69) is 6.58 Å². The first kappa shape index (κ1) is 26.9. The van der Waals surface area contributed by atoms with Crippen LogP contribution in [-0.4, -0.2) is 52.3 Å². The maximum Gasteiger partial charge on any atom is 0.323 e. The minimum atomic E-state index is -1.59. The number of carbonyl (C=O) groups is 4. The Morgan fingerprint density at radius 3 is 1.78 bits per heavy atom. The lowest BCUT2D eigenvalue weighted by atomic mass is 9.84. The van der Waals surface area contributed by atoms with E-state index in [1.807, 2.05) is 37.3 Å². The Bertz CT molecular complexity index is 1110. The number of ether oxygens (including phenoxy) is 4. The maximum absolute atomic E-state index is 13.1. The smallest absolute Gasteiger partial charge is 0.323 e. The normalized spacial score (nSPS) is 23.4. The highest BCUT2D eigenvalue weighted by Crippen LogP contribution is 2.56. The first-order chi connectivity index (χ1) is 17.1. The number of esters is 4. The zero-order valence-electron chi connectivity index (χ0n) is 21.3. The van der Waals surface area contributed by atoms with Crippen LogP contribution in [0.2, 0.25) is 0 Å². The molecule has 0 aliphatic heterocycles. The molecule has 0 spiro atoms. The highest BCUT2D eigenvalue weighted by Gasteiger charge is 2.59. The Morgan fingerprint density at radius 1 is 0.806 bits per heavy atom. The van der Waals surface area contributed by atoms with Crippen molar-refractivity contribution in [3.63, 3.8) is 0 Å². The summed E-state index contributed by atoms with van der Waals surface area (Å²) in [6.07, 6.45) is 1.85. The summed E-state index contributed by atoms with van der Waals surface area (Å²) in [5, 5.41) is 0. The fourth-order valence-corrected chi connectivity index (χ4v) is 5.54. The highest BCUT2D eigenvalue weighted by molar-refractivity contribution is 6.03. The molecule has 8 nitrogen and oxygen atoms in total. The Labute approximate surface area is 210 Å². The van der Waals surface area contributed by atoms with Gasteiger partial charge in [0.05, 0.1) is 28.4 Å². The molecule has 2 saturated carbocycles. The van der Waals surface area contributed by atoms with Gasteiger partial charge in [0.2, 0.25) is 0 Å². The fourth-order valence-electron chi connectivity index (χ4n) is 5.54. The van der Waals surface area contributed by atoms with E-state index < -0.39 is 34.7 Å². The minimum Gasteiger partial charge on any atom is -0.468 e. The summed E-state index contributed by atoms with van der Waals surface area (Å²) in [7, 11) is 4.91. The number of methoxy groups -OCH3 is 4. The van der Waals surface area contributed by atoms with Crippen LogP contribution in [0.25, 0.3) is 5.57 Å². The monoisotopic (exact) mass is 496 g/mol. The van der Waals surface area contributed by atoms with Crippen LogP contribution < -0.4 is 0 Å². The number of benzene rings is 1. The standard InChI is InChI=1S/C28H32O8/c1-7-18-13-27(23(29)33-3,24(30)34-4)15-21(18)22-16-28(25(31)35-5,26(32)36-6)14-20(22)17(2)19-11-9-8-10-12-19/h7-12,18H,1,13-16H2,2-6H3/b20-17+,22-21+. The highest BCUT2D eigenvalue weighted by atomic mass is 16.6. The third-order valence-electron chi connectivity index (χ3n) is 7.47. The van der Waals surface area contributed by atoms with Gasteiger partial charge in [-0.2, -0.15) is 0 Å². The molecule has 192 valence electrons. The molecule has 36 heavy (non-hydrogen) atoms. The van der Waals surface area contributed by atoms with Crippen molar-refractivity contribution in [2.24, 2.45) is 16.7 Å². The molecule has 1 aromatic carbocycles. The number of hydrogen-bond acceptors (Lipinski definition) is 8. The van der Waals surface area contributed by atoms with E-state index in [-0.39, 0.29) is 31.6 Å². The number of carbonyl (C=O) groups excluding carboxylic acids is 4. The van der Waals surface area contributed by atoms with Crippen molar-refractivity contribution in [3.8, 4) is 0 Å².